The summed E-state index contributed by atoms with van der Waals surface area (Å²) < 4.78 is 0. The van der Waals surface area contributed by atoms with Gasteiger partial charge in [0.15, 0.2) is 5.03 Å². The lowest BCUT2D eigenvalue weighted by atomic mass is 10.0. The quantitative estimate of drug-likeness (QED) is 0.586. The number of hydrogen-bond donors (Lipinski definition) is 2. The molecule has 88 valence electrons. The van der Waals surface area contributed by atoms with Crippen LogP contribution in [0.2, 0.25) is 0 Å². The van der Waals surface area contributed by atoms with Gasteiger partial charge in [-0.2, -0.15) is 0 Å². The molecule has 7 nitrogen and oxygen atoms in total. The van der Waals surface area contributed by atoms with Crippen LogP contribution in [0.3, 0.4) is 0 Å². The third kappa shape index (κ3) is 3.04. The summed E-state index contributed by atoms with van der Waals surface area (Å²) in [5.74, 6) is 0.191. The van der Waals surface area contributed by atoms with Gasteiger partial charge in [-0.1, -0.05) is 19.3 Å². The second kappa shape index (κ2) is 4.73. The van der Waals surface area contributed by atoms with Crippen molar-refractivity contribution in [3.63, 3.8) is 0 Å². The minimum absolute atomic E-state index is 0.139. The van der Waals surface area contributed by atoms with E-state index >= 15 is 0 Å². The summed E-state index contributed by atoms with van der Waals surface area (Å²) in [6.45, 7) is 5.64. The first-order valence-corrected chi connectivity index (χ1v) is 4.91. The molecule has 1 aromatic heterocycles. The average molecular weight is 226 g/mol. The lowest BCUT2D eigenvalue weighted by Gasteiger charge is -2.07. The zero-order valence-corrected chi connectivity index (χ0v) is 9.40. The van der Waals surface area contributed by atoms with Gasteiger partial charge >= 0.3 is 0 Å². The van der Waals surface area contributed by atoms with Gasteiger partial charge in [-0.25, -0.2) is 15.1 Å². The molecule has 0 amide bonds. The van der Waals surface area contributed by atoms with Gasteiger partial charge in [0.05, 0.1) is 5.69 Å². The first-order valence-electron chi connectivity index (χ1n) is 4.91. The van der Waals surface area contributed by atoms with Crippen LogP contribution in [0.1, 0.15) is 25.1 Å². The van der Waals surface area contributed by atoms with E-state index in [0.29, 0.717) is 23.6 Å². The average Bonchev–Trinajstić information content (AvgIpc) is 2.10. The van der Waals surface area contributed by atoms with Crippen molar-refractivity contribution in [2.24, 2.45) is 5.92 Å². The summed E-state index contributed by atoms with van der Waals surface area (Å²) >= 11 is 0. The second-order valence-electron chi connectivity index (χ2n) is 3.95. The Morgan fingerprint density at radius 2 is 2.19 bits per heavy atom. The van der Waals surface area contributed by atoms with E-state index in [2.05, 4.69) is 9.97 Å². The van der Waals surface area contributed by atoms with Crippen LogP contribution >= 0.6 is 0 Å². The number of hydrogen-bond acceptors (Lipinski definition) is 4. The minimum atomic E-state index is -0.764. The topological polar surface area (TPSA) is 101 Å². The third-order valence-corrected chi connectivity index (χ3v) is 2.03. The summed E-state index contributed by atoms with van der Waals surface area (Å²) in [7, 11) is 0. The summed E-state index contributed by atoms with van der Waals surface area (Å²) in [5.41, 5.74) is 2.58. The molecule has 0 bridgehead atoms. The van der Waals surface area contributed by atoms with Gasteiger partial charge in [0.2, 0.25) is 0 Å². The molecule has 0 radical (unpaired) electrons. The van der Waals surface area contributed by atoms with Crippen molar-refractivity contribution in [3.8, 4) is 0 Å². The first kappa shape index (κ1) is 12.2. The van der Waals surface area contributed by atoms with Crippen LogP contribution in [-0.2, 0) is 6.42 Å². The summed E-state index contributed by atoms with van der Waals surface area (Å²) in [4.78, 5) is 28.1. The lowest BCUT2D eigenvalue weighted by molar-refractivity contribution is -0.446. The Balaban J connectivity index is 3.07. The van der Waals surface area contributed by atoms with Crippen LogP contribution in [0, 0.1) is 23.0 Å². The molecule has 0 aliphatic carbocycles. The van der Waals surface area contributed by atoms with Crippen molar-refractivity contribution in [1.82, 2.24) is 9.97 Å². The highest BCUT2D eigenvalue weighted by Gasteiger charge is 2.11. The number of rotatable bonds is 4. The Hall–Kier alpha value is -1.92. The Kier molecular flexibility index (Phi) is 3.60. The van der Waals surface area contributed by atoms with Crippen molar-refractivity contribution in [2.75, 3.05) is 5.43 Å². The lowest BCUT2D eigenvalue weighted by Crippen LogP contribution is -2.22. The van der Waals surface area contributed by atoms with Gasteiger partial charge in [0.25, 0.3) is 11.5 Å². The molecular weight excluding hydrogens is 212 g/mol. The molecule has 1 aromatic rings. The number of H-pyrrole nitrogens is 1. The fraction of sp³-hybridized carbons (Fsp3) is 0.556. The highest BCUT2D eigenvalue weighted by atomic mass is 16.7. The number of nitrogens with zero attached hydrogens (tertiary/aromatic N) is 2. The molecule has 16 heavy (non-hydrogen) atoms. The molecule has 0 aromatic carbocycles. The number of aromatic amines is 1. The largest absolute Gasteiger partial charge is 0.288 e. The van der Waals surface area contributed by atoms with Crippen LogP contribution in [-0.4, -0.2) is 15.0 Å². The van der Waals surface area contributed by atoms with Gasteiger partial charge in [-0.05, 0) is 19.3 Å². The van der Waals surface area contributed by atoms with E-state index in [-0.39, 0.29) is 11.5 Å². The smallest absolute Gasteiger partial charge is 0.265 e. The van der Waals surface area contributed by atoms with Crippen LogP contribution in [0.5, 0.6) is 0 Å². The Morgan fingerprint density at radius 1 is 1.56 bits per heavy atom. The molecule has 1 rings (SSSR count). The van der Waals surface area contributed by atoms with Crippen molar-refractivity contribution in [3.05, 3.63) is 31.7 Å². The van der Waals surface area contributed by atoms with E-state index in [1.165, 1.54) is 0 Å². The Morgan fingerprint density at radius 3 is 2.62 bits per heavy atom. The molecule has 0 atom stereocenters. The molecule has 0 saturated heterocycles. The molecule has 0 aliphatic rings. The Bertz CT molecular complexity index is 453. The van der Waals surface area contributed by atoms with Gasteiger partial charge in [-0.15, -0.1) is 0 Å². The maximum Gasteiger partial charge on any atom is 0.265 e. The molecule has 7 heteroatoms. The number of nitrogens with one attached hydrogen (secondary N) is 2. The van der Waals surface area contributed by atoms with Crippen LogP contribution < -0.4 is 11.0 Å². The molecule has 0 saturated carbocycles. The monoisotopic (exact) mass is 226 g/mol. The van der Waals surface area contributed by atoms with Crippen LogP contribution in [0.15, 0.2) is 4.79 Å². The van der Waals surface area contributed by atoms with Gasteiger partial charge in [0.1, 0.15) is 0 Å². The van der Waals surface area contributed by atoms with Crippen LogP contribution in [0.4, 0.5) is 5.95 Å². The molecule has 0 unspecified atom stereocenters. The van der Waals surface area contributed by atoms with Crippen molar-refractivity contribution in [1.29, 1.82) is 0 Å². The number of aryl methyl sites for hydroxylation is 1. The maximum absolute atomic E-state index is 11.6. The highest BCUT2D eigenvalue weighted by Crippen LogP contribution is 2.08. The first-order chi connectivity index (χ1) is 7.40. The van der Waals surface area contributed by atoms with E-state index in [9.17, 15) is 14.9 Å². The molecular formula is C9H14N4O3. The maximum atomic E-state index is 11.6. The second-order valence-corrected chi connectivity index (χ2v) is 3.95. The number of aromatic nitrogens is 2. The fourth-order valence-electron chi connectivity index (χ4n) is 1.40. The zero-order valence-electron chi connectivity index (χ0n) is 9.40. The predicted octanol–water partition coefficient (Wildman–Crippen LogP) is 0.880. The van der Waals surface area contributed by atoms with E-state index in [1.807, 2.05) is 19.3 Å². The van der Waals surface area contributed by atoms with Crippen molar-refractivity contribution in [2.45, 2.75) is 27.2 Å². The van der Waals surface area contributed by atoms with Gasteiger partial charge in [-0.3, -0.25) is 9.78 Å². The normalized spacial score (nSPS) is 10.5. The number of anilines is 1. The Labute approximate surface area is 92.0 Å². The SMILES string of the molecule is Cc1nc(N[N+](=O)[O-])[nH]c(=O)c1CC(C)C. The zero-order chi connectivity index (χ0) is 12.3. The minimum Gasteiger partial charge on any atom is -0.288 e. The summed E-state index contributed by atoms with van der Waals surface area (Å²) in [5, 5.41) is 9.42. The third-order valence-electron chi connectivity index (χ3n) is 2.03. The molecule has 1 heterocycles. The van der Waals surface area contributed by atoms with E-state index in [0.717, 1.165) is 0 Å². The molecule has 0 aliphatic heterocycles. The number of nitro groups is 1. The number of hydrazine groups is 1. The predicted molar refractivity (Wildman–Crippen MR) is 58.8 cm³/mol. The summed E-state index contributed by atoms with van der Waals surface area (Å²) in [6, 6.07) is 0. The van der Waals surface area contributed by atoms with Crippen molar-refractivity contribution < 1.29 is 5.03 Å². The van der Waals surface area contributed by atoms with Crippen molar-refractivity contribution >= 4 is 5.95 Å². The highest BCUT2D eigenvalue weighted by molar-refractivity contribution is 5.27. The standard InChI is InChI=1S/C9H14N4O3/c1-5(2)4-7-6(3)10-9(11-8(7)14)12-13(15)16/h5H,4H2,1-3H3,(H2,10,11,12,14). The molecule has 0 fully saturated rings. The van der Waals surface area contributed by atoms with E-state index < -0.39 is 5.03 Å². The van der Waals surface area contributed by atoms with Gasteiger partial charge < -0.3 is 0 Å². The van der Waals surface area contributed by atoms with E-state index in [1.54, 1.807) is 6.92 Å². The van der Waals surface area contributed by atoms with E-state index in [4.69, 9.17) is 0 Å². The summed E-state index contributed by atoms with van der Waals surface area (Å²) in [6.07, 6.45) is 0.604. The van der Waals surface area contributed by atoms with Crippen LogP contribution in [0.25, 0.3) is 0 Å². The molecule has 0 spiro atoms. The fourth-order valence-corrected chi connectivity index (χ4v) is 1.40. The molecule has 2 N–H and O–H groups in total. The van der Waals surface area contributed by atoms with Gasteiger partial charge in [0, 0.05) is 5.56 Å².